The van der Waals surface area contributed by atoms with Crippen LogP contribution in [0.1, 0.15) is 20.8 Å². The van der Waals surface area contributed by atoms with Crippen LogP contribution >= 0.6 is 11.3 Å². The van der Waals surface area contributed by atoms with E-state index in [0.29, 0.717) is 24.4 Å². The summed E-state index contributed by atoms with van der Waals surface area (Å²) in [6.45, 7) is 6.88. The van der Waals surface area contributed by atoms with Crippen molar-refractivity contribution < 1.29 is 34.2 Å². The monoisotopic (exact) mass is 462 g/mol. The molecule has 2 aromatic heterocycles. The minimum absolute atomic E-state index is 0.0373. The van der Waals surface area contributed by atoms with Crippen LogP contribution in [0.3, 0.4) is 0 Å². The topological polar surface area (TPSA) is 142 Å². The Morgan fingerprint density at radius 3 is 2.47 bits per heavy atom. The van der Waals surface area contributed by atoms with Crippen LogP contribution in [0, 0.1) is 0 Å². The van der Waals surface area contributed by atoms with Crippen molar-refractivity contribution in [1.29, 1.82) is 0 Å². The van der Waals surface area contributed by atoms with Crippen molar-refractivity contribution in [2.45, 2.75) is 32.4 Å². The summed E-state index contributed by atoms with van der Waals surface area (Å²) in [5.74, 6) is -1.82. The minimum Gasteiger partial charge on any atom is -0.490 e. The van der Waals surface area contributed by atoms with Crippen molar-refractivity contribution in [3.05, 3.63) is 47.9 Å². The lowest BCUT2D eigenvalue weighted by Crippen LogP contribution is -2.42. The maximum absolute atomic E-state index is 10.1. The number of hydrogen-bond donors (Lipinski definition) is 4. The Kier molecular flexibility index (Phi) is 8.94. The Morgan fingerprint density at radius 2 is 1.84 bits per heavy atom. The number of ether oxygens (including phenoxy) is 1. The van der Waals surface area contributed by atoms with Gasteiger partial charge in [-0.2, -0.15) is 0 Å². The van der Waals surface area contributed by atoms with Crippen molar-refractivity contribution in [2.75, 3.05) is 13.2 Å². The van der Waals surface area contributed by atoms with E-state index in [1.165, 1.54) is 0 Å². The molecule has 0 aliphatic rings. The highest BCUT2D eigenvalue weighted by Gasteiger charge is 2.17. The third-order valence-corrected chi connectivity index (χ3v) is 4.79. The first kappa shape index (κ1) is 25.1. The van der Waals surface area contributed by atoms with Crippen LogP contribution in [0.25, 0.3) is 21.5 Å². The number of aliphatic hydroxyl groups excluding tert-OH is 1. The van der Waals surface area contributed by atoms with E-state index in [-0.39, 0.29) is 12.1 Å². The molecule has 3 rings (SSSR count). The van der Waals surface area contributed by atoms with Gasteiger partial charge in [0.2, 0.25) is 0 Å². The number of rotatable bonds is 8. The van der Waals surface area contributed by atoms with E-state index < -0.39 is 18.0 Å². The fourth-order valence-electron chi connectivity index (χ4n) is 2.45. The van der Waals surface area contributed by atoms with Gasteiger partial charge < -0.3 is 29.9 Å². The van der Waals surface area contributed by atoms with Crippen LogP contribution in [0.5, 0.6) is 5.75 Å². The number of carbonyl (C=O) groups is 2. The van der Waals surface area contributed by atoms with Gasteiger partial charge in [-0.25, -0.2) is 9.59 Å². The molecule has 10 heteroatoms. The number of nitrogens with one attached hydrogen (secondary N) is 1. The van der Waals surface area contributed by atoms with Gasteiger partial charge in [0.25, 0.3) is 0 Å². The largest absolute Gasteiger partial charge is 0.490 e. The molecule has 0 fully saturated rings. The second-order valence-electron chi connectivity index (χ2n) is 7.75. The van der Waals surface area contributed by atoms with Gasteiger partial charge in [0, 0.05) is 29.8 Å². The van der Waals surface area contributed by atoms with Crippen LogP contribution in [0.15, 0.2) is 52.4 Å². The number of β-amino-alcohol motifs (C(OH)–C–C–N with tert-alkyl or cyclic N) is 1. The summed E-state index contributed by atoms with van der Waals surface area (Å²) in [4.78, 5) is 19.1. The van der Waals surface area contributed by atoms with Crippen LogP contribution in [0.4, 0.5) is 0 Å². The number of hydrogen-bond acceptors (Lipinski definition) is 8. The van der Waals surface area contributed by atoms with E-state index in [1.807, 2.05) is 35.7 Å². The summed E-state index contributed by atoms with van der Waals surface area (Å²) >= 11 is 1.59. The van der Waals surface area contributed by atoms with Crippen LogP contribution in [-0.4, -0.2) is 57.2 Å². The molecule has 0 amide bonds. The lowest BCUT2D eigenvalue weighted by atomic mass is 10.1. The molecule has 4 N–H and O–H groups in total. The zero-order valence-corrected chi connectivity index (χ0v) is 18.8. The van der Waals surface area contributed by atoms with Gasteiger partial charge in [-0.3, -0.25) is 0 Å². The summed E-state index contributed by atoms with van der Waals surface area (Å²) in [5, 5.41) is 35.1. The molecule has 0 spiro atoms. The number of nitrogens with zero attached hydrogens (tertiary/aromatic N) is 1. The molecule has 9 nitrogen and oxygen atoms in total. The van der Waals surface area contributed by atoms with Gasteiger partial charge in [0.05, 0.1) is 0 Å². The molecule has 0 saturated heterocycles. The lowest BCUT2D eigenvalue weighted by molar-refractivity contribution is -0.134. The predicted molar refractivity (Wildman–Crippen MR) is 121 cm³/mol. The Hall–Kier alpha value is -3.21. The standard InChI is InChI=1S/C18H22N2O3S.C4H4O4/c1-18(2,3)19-10-12(21)11-22-14-7-5-4-6-13(14)16-17-15(23-20-16)8-9-24-17;5-3(6)1-2-4(7)8/h4-9,12,19,21H,10-11H2,1-3H3;1-2H,(H,5,6)(H,7,8)/b;2-1-. The third-order valence-electron chi connectivity index (χ3n) is 3.89. The van der Waals surface area contributed by atoms with Crippen LogP contribution in [-0.2, 0) is 9.59 Å². The summed E-state index contributed by atoms with van der Waals surface area (Å²) < 4.78 is 12.2. The van der Waals surface area contributed by atoms with E-state index in [4.69, 9.17) is 19.5 Å². The summed E-state index contributed by atoms with van der Waals surface area (Å²) in [6.07, 6.45) is 0.529. The second kappa shape index (κ2) is 11.4. The van der Waals surface area contributed by atoms with E-state index in [9.17, 15) is 14.7 Å². The van der Waals surface area contributed by atoms with Crippen molar-refractivity contribution in [1.82, 2.24) is 10.5 Å². The molecule has 1 atom stereocenters. The fraction of sp³-hybridized carbons (Fsp3) is 0.318. The van der Waals surface area contributed by atoms with Gasteiger partial charge in [-0.05, 0) is 44.4 Å². The van der Waals surface area contributed by atoms with Gasteiger partial charge in [-0.1, -0.05) is 17.3 Å². The highest BCUT2D eigenvalue weighted by molar-refractivity contribution is 7.17. The zero-order chi connectivity index (χ0) is 23.7. The number of aliphatic hydroxyl groups is 1. The van der Waals surface area contributed by atoms with Crippen molar-refractivity contribution in [2.24, 2.45) is 0 Å². The van der Waals surface area contributed by atoms with Gasteiger partial charge in [-0.15, -0.1) is 11.3 Å². The summed E-state index contributed by atoms with van der Waals surface area (Å²) in [7, 11) is 0. The number of carboxylic acid groups (broad SMARTS) is 2. The minimum atomic E-state index is -1.26. The van der Waals surface area contributed by atoms with Crippen molar-refractivity contribution >= 4 is 33.6 Å². The van der Waals surface area contributed by atoms with E-state index in [0.717, 1.165) is 21.5 Å². The maximum atomic E-state index is 10.1. The molecule has 3 aromatic rings. The highest BCUT2D eigenvalue weighted by Crippen LogP contribution is 2.36. The molecule has 172 valence electrons. The predicted octanol–water partition coefficient (Wildman–Crippen LogP) is 3.40. The first-order valence-electron chi connectivity index (χ1n) is 9.69. The zero-order valence-electron chi connectivity index (χ0n) is 17.9. The maximum Gasteiger partial charge on any atom is 0.328 e. The number of aromatic nitrogens is 1. The summed E-state index contributed by atoms with van der Waals surface area (Å²) in [5.41, 5.74) is 2.39. The molecule has 2 heterocycles. The molecule has 0 aliphatic carbocycles. The van der Waals surface area contributed by atoms with Crippen LogP contribution < -0.4 is 10.1 Å². The van der Waals surface area contributed by atoms with Crippen LogP contribution in [0.2, 0.25) is 0 Å². The average molecular weight is 463 g/mol. The molecule has 0 radical (unpaired) electrons. The Labute approximate surface area is 188 Å². The third kappa shape index (κ3) is 8.14. The molecule has 32 heavy (non-hydrogen) atoms. The molecule has 0 aliphatic heterocycles. The number of carboxylic acids is 2. The smallest absolute Gasteiger partial charge is 0.328 e. The van der Waals surface area contributed by atoms with E-state index in [2.05, 4.69) is 31.2 Å². The number of aliphatic carboxylic acids is 2. The van der Waals surface area contributed by atoms with Crippen molar-refractivity contribution in [3.63, 3.8) is 0 Å². The molecular formula is C22H26N2O7S. The lowest BCUT2D eigenvalue weighted by Gasteiger charge is -2.23. The number of fused-ring (bicyclic) bond motifs is 1. The van der Waals surface area contributed by atoms with Gasteiger partial charge in [0.1, 0.15) is 28.9 Å². The first-order valence-corrected chi connectivity index (χ1v) is 10.6. The molecule has 1 aromatic carbocycles. The normalized spacial score (nSPS) is 12.4. The second-order valence-corrected chi connectivity index (χ2v) is 8.66. The average Bonchev–Trinajstić information content (AvgIpc) is 3.33. The first-order chi connectivity index (χ1) is 15.1. The summed E-state index contributed by atoms with van der Waals surface area (Å²) in [6, 6.07) is 9.58. The van der Waals surface area contributed by atoms with Crippen molar-refractivity contribution in [3.8, 4) is 17.0 Å². The Balaban J connectivity index is 0.000000390. The highest BCUT2D eigenvalue weighted by atomic mass is 32.1. The Morgan fingerprint density at radius 1 is 1.19 bits per heavy atom. The van der Waals surface area contributed by atoms with Gasteiger partial charge in [0.15, 0.2) is 5.58 Å². The number of para-hydroxylation sites is 1. The molecule has 0 bridgehead atoms. The molecule has 0 saturated carbocycles. The molecule has 1 unspecified atom stereocenters. The van der Waals surface area contributed by atoms with E-state index in [1.54, 1.807) is 11.3 Å². The van der Waals surface area contributed by atoms with E-state index >= 15 is 0 Å². The number of thiophene rings is 1. The Bertz CT molecular complexity index is 1050. The molecular weight excluding hydrogens is 436 g/mol. The van der Waals surface area contributed by atoms with Gasteiger partial charge >= 0.3 is 11.9 Å². The quantitative estimate of drug-likeness (QED) is 0.370. The SMILES string of the molecule is CC(C)(C)NCC(O)COc1ccccc1-c1noc2ccsc12.O=C(O)/C=C\C(=O)O. The number of benzene rings is 1. The fourth-order valence-corrected chi connectivity index (χ4v) is 3.26.